The summed E-state index contributed by atoms with van der Waals surface area (Å²) in [6.07, 6.45) is 0. The molecule has 1 unspecified atom stereocenters. The van der Waals surface area contributed by atoms with Crippen molar-refractivity contribution in [1.82, 2.24) is 16.2 Å². The minimum Gasteiger partial charge on any atom is -0.352 e. The monoisotopic (exact) mass is 284 g/mol. The normalized spacial score (nSPS) is 11.7. The van der Waals surface area contributed by atoms with Gasteiger partial charge in [-0.3, -0.25) is 20.4 Å². The van der Waals surface area contributed by atoms with E-state index in [1.54, 1.807) is 31.4 Å². The molecule has 1 heterocycles. The van der Waals surface area contributed by atoms with Crippen molar-refractivity contribution < 1.29 is 14.4 Å². The number of hydrazine groups is 1. The third-order valence-corrected chi connectivity index (χ3v) is 3.16. The Labute approximate surface area is 114 Å². The second-order valence-corrected chi connectivity index (χ2v) is 5.10. The Hall–Kier alpha value is -2.09. The summed E-state index contributed by atoms with van der Waals surface area (Å²) in [5.74, 6) is -1.10. The topological polar surface area (TPSA) is 113 Å². The summed E-state index contributed by atoms with van der Waals surface area (Å²) in [7, 11) is 0. The highest BCUT2D eigenvalue weighted by Crippen LogP contribution is 2.07. The highest BCUT2D eigenvalue weighted by molar-refractivity contribution is 7.12. The number of thiophene rings is 1. The molecule has 1 atom stereocenters. The molecule has 0 saturated heterocycles. The molecule has 0 bridgehead atoms. The van der Waals surface area contributed by atoms with E-state index in [1.165, 1.54) is 11.3 Å². The highest BCUT2D eigenvalue weighted by atomic mass is 32.1. The standard InChI is InChI=1S/C11H16N4O3S/c1-6(2)8(13-11(12)18)10(17)15-14-9(16)7-4-3-5-19-7/h3-6,8H,1-2H3,(H,14,16)(H,15,17)(H3,12,13,18). The second-order valence-electron chi connectivity index (χ2n) is 4.15. The zero-order valence-corrected chi connectivity index (χ0v) is 11.4. The van der Waals surface area contributed by atoms with Crippen LogP contribution in [0.25, 0.3) is 0 Å². The molecule has 0 aliphatic rings. The maximum atomic E-state index is 11.8. The summed E-state index contributed by atoms with van der Waals surface area (Å²) in [6, 6.07) is 1.76. The number of carbonyl (C=O) groups is 3. The number of primary amides is 1. The summed E-state index contributed by atoms with van der Waals surface area (Å²) in [4.78, 5) is 34.7. The van der Waals surface area contributed by atoms with Crippen LogP contribution in [0.2, 0.25) is 0 Å². The van der Waals surface area contributed by atoms with Crippen LogP contribution >= 0.6 is 11.3 Å². The van der Waals surface area contributed by atoms with E-state index >= 15 is 0 Å². The molecule has 5 N–H and O–H groups in total. The van der Waals surface area contributed by atoms with Crippen molar-refractivity contribution in [1.29, 1.82) is 0 Å². The number of nitrogens with two attached hydrogens (primary N) is 1. The maximum absolute atomic E-state index is 11.8. The molecule has 0 fully saturated rings. The van der Waals surface area contributed by atoms with Crippen LogP contribution in [0, 0.1) is 5.92 Å². The van der Waals surface area contributed by atoms with Crippen LogP contribution in [-0.4, -0.2) is 23.9 Å². The van der Waals surface area contributed by atoms with Crippen molar-refractivity contribution in [3.63, 3.8) is 0 Å². The van der Waals surface area contributed by atoms with Crippen molar-refractivity contribution >= 4 is 29.2 Å². The van der Waals surface area contributed by atoms with Crippen molar-refractivity contribution in [2.45, 2.75) is 19.9 Å². The minimum absolute atomic E-state index is 0.161. The van der Waals surface area contributed by atoms with Gasteiger partial charge in [-0.15, -0.1) is 11.3 Å². The largest absolute Gasteiger partial charge is 0.352 e. The molecule has 0 saturated carbocycles. The lowest BCUT2D eigenvalue weighted by Gasteiger charge is -2.20. The minimum atomic E-state index is -0.805. The molecule has 104 valence electrons. The molecule has 0 aromatic carbocycles. The molecule has 1 rings (SSSR count). The predicted octanol–water partition coefficient (Wildman–Crippen LogP) is 0.202. The summed E-state index contributed by atoms with van der Waals surface area (Å²) < 4.78 is 0. The fraction of sp³-hybridized carbons (Fsp3) is 0.364. The fourth-order valence-electron chi connectivity index (χ4n) is 1.35. The molecule has 19 heavy (non-hydrogen) atoms. The molecule has 0 aliphatic heterocycles. The maximum Gasteiger partial charge on any atom is 0.312 e. The van der Waals surface area contributed by atoms with Crippen LogP contribution in [0.5, 0.6) is 0 Å². The van der Waals surface area contributed by atoms with E-state index in [-0.39, 0.29) is 5.92 Å². The van der Waals surface area contributed by atoms with Crippen LogP contribution in [0.15, 0.2) is 17.5 Å². The summed E-state index contributed by atoms with van der Waals surface area (Å²) in [6.45, 7) is 3.50. The zero-order chi connectivity index (χ0) is 14.4. The van der Waals surface area contributed by atoms with Crippen LogP contribution in [-0.2, 0) is 4.79 Å². The lowest BCUT2D eigenvalue weighted by atomic mass is 10.0. The molecule has 1 aromatic heterocycles. The van der Waals surface area contributed by atoms with Gasteiger partial charge in [-0.05, 0) is 17.4 Å². The molecule has 7 nitrogen and oxygen atoms in total. The highest BCUT2D eigenvalue weighted by Gasteiger charge is 2.23. The fourth-order valence-corrected chi connectivity index (χ4v) is 1.97. The first-order chi connectivity index (χ1) is 8.91. The molecule has 0 radical (unpaired) electrons. The van der Waals surface area contributed by atoms with E-state index < -0.39 is 23.9 Å². The molecular formula is C11H16N4O3S. The number of carbonyl (C=O) groups excluding carboxylic acids is 3. The number of amides is 4. The van der Waals surface area contributed by atoms with E-state index in [0.717, 1.165) is 0 Å². The lowest BCUT2D eigenvalue weighted by Crippen LogP contribution is -2.55. The average molecular weight is 284 g/mol. The van der Waals surface area contributed by atoms with Gasteiger partial charge in [0, 0.05) is 0 Å². The molecule has 1 aromatic rings. The van der Waals surface area contributed by atoms with Gasteiger partial charge in [0.2, 0.25) is 0 Å². The van der Waals surface area contributed by atoms with Crippen molar-refractivity contribution in [3.05, 3.63) is 22.4 Å². The van der Waals surface area contributed by atoms with Gasteiger partial charge >= 0.3 is 6.03 Å². The number of hydrogen-bond donors (Lipinski definition) is 4. The third kappa shape index (κ3) is 4.59. The van der Waals surface area contributed by atoms with Gasteiger partial charge in [0.25, 0.3) is 11.8 Å². The smallest absolute Gasteiger partial charge is 0.312 e. The number of urea groups is 1. The zero-order valence-electron chi connectivity index (χ0n) is 10.6. The number of hydrogen-bond acceptors (Lipinski definition) is 4. The molecule has 0 spiro atoms. The Balaban J connectivity index is 2.53. The van der Waals surface area contributed by atoms with E-state index in [4.69, 9.17) is 5.73 Å². The second kappa shape index (κ2) is 6.74. The lowest BCUT2D eigenvalue weighted by molar-refractivity contribution is -0.124. The van der Waals surface area contributed by atoms with Gasteiger partial charge in [0.05, 0.1) is 4.88 Å². The summed E-state index contributed by atoms with van der Waals surface area (Å²) in [5, 5.41) is 4.07. The first-order valence-electron chi connectivity index (χ1n) is 5.61. The van der Waals surface area contributed by atoms with Gasteiger partial charge in [-0.2, -0.15) is 0 Å². The average Bonchev–Trinajstić information content (AvgIpc) is 2.85. The Kier molecular flexibility index (Phi) is 5.31. The van der Waals surface area contributed by atoms with E-state index in [1.807, 2.05) is 0 Å². The van der Waals surface area contributed by atoms with Gasteiger partial charge in [-0.25, -0.2) is 4.79 Å². The van der Waals surface area contributed by atoms with Gasteiger partial charge in [0.1, 0.15) is 6.04 Å². The Morgan fingerprint density at radius 1 is 1.26 bits per heavy atom. The van der Waals surface area contributed by atoms with Gasteiger partial charge in [0.15, 0.2) is 0 Å². The number of nitrogens with one attached hydrogen (secondary N) is 3. The molecule has 4 amide bonds. The van der Waals surface area contributed by atoms with Crippen LogP contribution < -0.4 is 21.9 Å². The van der Waals surface area contributed by atoms with Crippen LogP contribution in [0.1, 0.15) is 23.5 Å². The number of rotatable bonds is 4. The SMILES string of the molecule is CC(C)C(NC(N)=O)C(=O)NNC(=O)c1cccs1. The quantitative estimate of drug-likeness (QED) is 0.592. The first-order valence-corrected chi connectivity index (χ1v) is 6.49. The van der Waals surface area contributed by atoms with Crippen LogP contribution in [0.3, 0.4) is 0 Å². The molecular weight excluding hydrogens is 268 g/mol. The van der Waals surface area contributed by atoms with Gasteiger partial charge in [-0.1, -0.05) is 19.9 Å². The van der Waals surface area contributed by atoms with Gasteiger partial charge < -0.3 is 11.1 Å². The summed E-state index contributed by atoms with van der Waals surface area (Å²) in [5.41, 5.74) is 9.52. The Bertz CT molecular complexity index is 459. The Morgan fingerprint density at radius 3 is 2.42 bits per heavy atom. The van der Waals surface area contributed by atoms with Crippen LogP contribution in [0.4, 0.5) is 4.79 Å². The van der Waals surface area contributed by atoms with Crippen molar-refractivity contribution in [2.24, 2.45) is 11.7 Å². The Morgan fingerprint density at radius 2 is 1.95 bits per heavy atom. The molecule has 8 heteroatoms. The van der Waals surface area contributed by atoms with E-state index in [9.17, 15) is 14.4 Å². The molecule has 0 aliphatic carbocycles. The summed E-state index contributed by atoms with van der Waals surface area (Å²) >= 11 is 1.25. The first kappa shape index (κ1) is 15.0. The van der Waals surface area contributed by atoms with E-state index in [0.29, 0.717) is 4.88 Å². The van der Waals surface area contributed by atoms with Crippen molar-refractivity contribution in [3.8, 4) is 0 Å². The third-order valence-electron chi connectivity index (χ3n) is 2.29. The van der Waals surface area contributed by atoms with E-state index in [2.05, 4.69) is 16.2 Å². The van der Waals surface area contributed by atoms with Crippen molar-refractivity contribution in [2.75, 3.05) is 0 Å². The predicted molar refractivity (Wildman–Crippen MR) is 71.3 cm³/mol.